The van der Waals surface area contributed by atoms with Gasteiger partial charge in [-0.05, 0) is 6.92 Å². The van der Waals surface area contributed by atoms with Crippen molar-refractivity contribution < 1.29 is 23.4 Å². The van der Waals surface area contributed by atoms with Gasteiger partial charge in [0.05, 0.1) is 19.8 Å². The van der Waals surface area contributed by atoms with Crippen LogP contribution in [0.15, 0.2) is 0 Å². The summed E-state index contributed by atoms with van der Waals surface area (Å²) in [5, 5.41) is 0. The Bertz CT molecular complexity index is 129. The second kappa shape index (κ2) is 7.00. The molecule has 5 heteroatoms. The van der Waals surface area contributed by atoms with Gasteiger partial charge in [0.25, 0.3) is 6.36 Å². The minimum absolute atomic E-state index is 0.0382. The molecule has 1 unspecified atom stereocenters. The number of halogens is 1. The van der Waals surface area contributed by atoms with Crippen molar-refractivity contribution in [1.82, 2.24) is 0 Å². The maximum absolute atomic E-state index is 12.6. The highest BCUT2D eigenvalue weighted by atomic mass is 19.1. The van der Waals surface area contributed by atoms with Crippen molar-refractivity contribution >= 4 is 5.97 Å². The molecule has 0 saturated carbocycles. The topological polar surface area (TPSA) is 44.8 Å². The van der Waals surface area contributed by atoms with Crippen molar-refractivity contribution in [1.29, 1.82) is 0 Å². The van der Waals surface area contributed by atoms with Gasteiger partial charge in [-0.1, -0.05) is 0 Å². The predicted octanol–water partition coefficient (Wildman–Crippen LogP) is 0.508. The van der Waals surface area contributed by atoms with Crippen LogP contribution in [0.25, 0.3) is 0 Å². The molecule has 0 aromatic heterocycles. The molecule has 0 bridgehead atoms. The molecule has 12 heavy (non-hydrogen) atoms. The summed E-state index contributed by atoms with van der Waals surface area (Å²) in [4.78, 5) is 10.6. The Balaban J connectivity index is 3.42. The lowest BCUT2D eigenvalue weighted by molar-refractivity contribution is -0.170. The van der Waals surface area contributed by atoms with Crippen LogP contribution in [0.4, 0.5) is 4.39 Å². The number of methoxy groups -OCH3 is 1. The Kier molecular flexibility index (Phi) is 6.60. The number of rotatable bonds is 6. The summed E-state index contributed by atoms with van der Waals surface area (Å²) >= 11 is 0. The van der Waals surface area contributed by atoms with Crippen molar-refractivity contribution in [2.45, 2.75) is 13.3 Å². The first-order valence-electron chi connectivity index (χ1n) is 3.63. The van der Waals surface area contributed by atoms with Gasteiger partial charge in [-0.25, -0.2) is 9.18 Å². The third kappa shape index (κ3) is 5.03. The second-order valence-corrected chi connectivity index (χ2v) is 1.93. The van der Waals surface area contributed by atoms with E-state index in [0.717, 1.165) is 0 Å². The van der Waals surface area contributed by atoms with Crippen LogP contribution < -0.4 is 0 Å². The van der Waals surface area contributed by atoms with E-state index in [0.29, 0.717) is 0 Å². The summed E-state index contributed by atoms with van der Waals surface area (Å²) in [5.74, 6) is -0.992. The number of ether oxygens (including phenoxy) is 3. The number of alkyl halides is 1. The Morgan fingerprint density at radius 2 is 2.17 bits per heavy atom. The molecule has 0 amide bonds. The minimum atomic E-state index is -2.00. The number of carbonyl (C=O) groups is 1. The van der Waals surface area contributed by atoms with Gasteiger partial charge in [0.15, 0.2) is 0 Å². The predicted molar refractivity (Wildman–Crippen MR) is 39.4 cm³/mol. The first-order valence-corrected chi connectivity index (χ1v) is 3.63. The molecule has 0 fully saturated rings. The molecule has 0 radical (unpaired) electrons. The lowest BCUT2D eigenvalue weighted by atomic mass is 10.6. The molecular formula is C7H13FO4. The first kappa shape index (κ1) is 11.3. The van der Waals surface area contributed by atoms with Gasteiger partial charge >= 0.3 is 5.97 Å². The molecule has 0 heterocycles. The summed E-state index contributed by atoms with van der Waals surface area (Å²) in [7, 11) is 1.46. The van der Waals surface area contributed by atoms with Crippen LogP contribution in [0.2, 0.25) is 0 Å². The second-order valence-electron chi connectivity index (χ2n) is 1.93. The summed E-state index contributed by atoms with van der Waals surface area (Å²) in [6, 6.07) is 0. The van der Waals surface area contributed by atoms with E-state index in [9.17, 15) is 9.18 Å². The van der Waals surface area contributed by atoms with Gasteiger partial charge in [0, 0.05) is 7.11 Å². The van der Waals surface area contributed by atoms with Gasteiger partial charge in [-0.15, -0.1) is 0 Å². The molecule has 1 atom stereocenters. The highest BCUT2D eigenvalue weighted by molar-refractivity contribution is 5.72. The van der Waals surface area contributed by atoms with Gasteiger partial charge in [-0.2, -0.15) is 0 Å². The van der Waals surface area contributed by atoms with Crippen LogP contribution in [-0.2, 0) is 19.0 Å². The van der Waals surface area contributed by atoms with E-state index in [1.165, 1.54) is 7.11 Å². The SMILES string of the molecule is CCOC(=O)C(F)OCCOC. The van der Waals surface area contributed by atoms with E-state index in [2.05, 4.69) is 14.2 Å². The number of carbonyl (C=O) groups excluding carboxylic acids is 1. The summed E-state index contributed by atoms with van der Waals surface area (Å²) in [6.07, 6.45) is -2.00. The largest absolute Gasteiger partial charge is 0.462 e. The van der Waals surface area contributed by atoms with Crippen molar-refractivity contribution in [3.63, 3.8) is 0 Å². The van der Waals surface area contributed by atoms with Crippen molar-refractivity contribution in [2.75, 3.05) is 26.9 Å². The summed E-state index contributed by atoms with van der Waals surface area (Å²) in [6.45, 7) is 2.03. The Hall–Kier alpha value is -0.680. The van der Waals surface area contributed by atoms with Crippen molar-refractivity contribution in [3.05, 3.63) is 0 Å². The molecule has 0 aliphatic carbocycles. The molecule has 0 rings (SSSR count). The molecule has 4 nitrogen and oxygen atoms in total. The molecule has 0 aromatic carbocycles. The maximum atomic E-state index is 12.6. The quantitative estimate of drug-likeness (QED) is 0.441. The average Bonchev–Trinajstić information content (AvgIpc) is 2.05. The van der Waals surface area contributed by atoms with E-state index in [-0.39, 0.29) is 19.8 Å². The fourth-order valence-electron chi connectivity index (χ4n) is 0.511. The normalized spacial score (nSPS) is 12.6. The lowest BCUT2D eigenvalue weighted by Crippen LogP contribution is -2.23. The zero-order valence-electron chi connectivity index (χ0n) is 7.21. The molecule has 0 aromatic rings. The van der Waals surface area contributed by atoms with Crippen molar-refractivity contribution in [2.24, 2.45) is 0 Å². The fourth-order valence-corrected chi connectivity index (χ4v) is 0.511. The molecular weight excluding hydrogens is 167 g/mol. The summed E-state index contributed by atoms with van der Waals surface area (Å²) < 4.78 is 25.9. The number of hydrogen-bond donors (Lipinski definition) is 0. The van der Waals surface area contributed by atoms with E-state index < -0.39 is 12.3 Å². The van der Waals surface area contributed by atoms with Crippen LogP contribution in [0.1, 0.15) is 6.92 Å². The van der Waals surface area contributed by atoms with Crippen LogP contribution >= 0.6 is 0 Å². The Morgan fingerprint density at radius 1 is 1.50 bits per heavy atom. The molecule has 0 N–H and O–H groups in total. The minimum Gasteiger partial charge on any atom is -0.462 e. The molecule has 0 saturated heterocycles. The fraction of sp³-hybridized carbons (Fsp3) is 0.857. The first-order chi connectivity index (χ1) is 5.72. The van der Waals surface area contributed by atoms with Gasteiger partial charge in [0.2, 0.25) is 0 Å². The van der Waals surface area contributed by atoms with Gasteiger partial charge < -0.3 is 14.2 Å². The smallest absolute Gasteiger partial charge is 0.368 e. The highest BCUT2D eigenvalue weighted by Crippen LogP contribution is 1.96. The van der Waals surface area contributed by atoms with E-state index in [4.69, 9.17) is 0 Å². The summed E-state index contributed by atoms with van der Waals surface area (Å²) in [5.41, 5.74) is 0. The molecule has 72 valence electrons. The van der Waals surface area contributed by atoms with Crippen LogP contribution in [-0.4, -0.2) is 39.3 Å². The van der Waals surface area contributed by atoms with E-state index in [1.807, 2.05) is 0 Å². The van der Waals surface area contributed by atoms with E-state index >= 15 is 0 Å². The average molecular weight is 180 g/mol. The van der Waals surface area contributed by atoms with Gasteiger partial charge in [0.1, 0.15) is 0 Å². The standard InChI is InChI=1S/C7H13FO4/c1-3-11-7(9)6(8)12-5-4-10-2/h6H,3-5H2,1-2H3. The molecule has 0 spiro atoms. The molecule has 0 aliphatic rings. The lowest BCUT2D eigenvalue weighted by Gasteiger charge is -2.07. The van der Waals surface area contributed by atoms with E-state index in [1.54, 1.807) is 6.92 Å². The van der Waals surface area contributed by atoms with Gasteiger partial charge in [-0.3, -0.25) is 0 Å². The monoisotopic (exact) mass is 180 g/mol. The Labute approximate surface area is 70.6 Å². The number of esters is 1. The third-order valence-corrected chi connectivity index (χ3v) is 1.02. The van der Waals surface area contributed by atoms with Crippen molar-refractivity contribution in [3.8, 4) is 0 Å². The zero-order valence-corrected chi connectivity index (χ0v) is 7.21. The number of hydrogen-bond acceptors (Lipinski definition) is 4. The molecule has 0 aliphatic heterocycles. The van der Waals surface area contributed by atoms with Crippen LogP contribution in [0.3, 0.4) is 0 Å². The Morgan fingerprint density at radius 3 is 2.67 bits per heavy atom. The highest BCUT2D eigenvalue weighted by Gasteiger charge is 2.18. The van der Waals surface area contributed by atoms with Crippen LogP contribution in [0, 0.1) is 0 Å². The maximum Gasteiger partial charge on any atom is 0.368 e. The third-order valence-electron chi connectivity index (χ3n) is 1.02. The zero-order chi connectivity index (χ0) is 9.40. The van der Waals surface area contributed by atoms with Crippen LogP contribution in [0.5, 0.6) is 0 Å².